The lowest BCUT2D eigenvalue weighted by Crippen LogP contribution is -2.17. The van der Waals surface area contributed by atoms with Crippen LogP contribution in [0.4, 0.5) is 0 Å². The second kappa shape index (κ2) is 11.9. The first-order valence-corrected chi connectivity index (χ1v) is 12.1. The van der Waals surface area contributed by atoms with E-state index in [0.717, 1.165) is 14.7 Å². The molecule has 0 saturated carbocycles. The van der Waals surface area contributed by atoms with Crippen molar-refractivity contribution in [3.8, 4) is 11.5 Å². The first-order chi connectivity index (χ1) is 15.4. The van der Waals surface area contributed by atoms with E-state index in [4.69, 9.17) is 32.7 Å². The first-order valence-electron chi connectivity index (χ1n) is 9.49. The molecule has 0 spiro atoms. The van der Waals surface area contributed by atoms with Gasteiger partial charge in [-0.1, -0.05) is 29.3 Å². The molecule has 0 atom stereocenters. The van der Waals surface area contributed by atoms with Crippen molar-refractivity contribution in [3.63, 3.8) is 0 Å². The van der Waals surface area contributed by atoms with Crippen molar-refractivity contribution in [1.82, 2.24) is 5.43 Å². The van der Waals surface area contributed by atoms with E-state index in [1.165, 1.54) is 0 Å². The van der Waals surface area contributed by atoms with Crippen LogP contribution in [-0.2, 0) is 6.61 Å². The summed E-state index contributed by atoms with van der Waals surface area (Å²) in [5, 5.41) is 5.01. The zero-order chi connectivity index (χ0) is 23.1. The quantitative estimate of drug-likeness (QED) is 0.161. The summed E-state index contributed by atoms with van der Waals surface area (Å²) in [4.78, 5) is 12.2. The highest BCUT2D eigenvalue weighted by molar-refractivity contribution is 14.1. The number of hydrazone groups is 1. The third-order valence-corrected chi connectivity index (χ3v) is 6.23. The minimum Gasteiger partial charge on any atom is -0.490 e. The van der Waals surface area contributed by atoms with Crippen LogP contribution in [0.25, 0.3) is 0 Å². The molecule has 0 unspecified atom stereocenters. The Morgan fingerprint density at radius 3 is 2.53 bits per heavy atom. The van der Waals surface area contributed by atoms with Crippen LogP contribution >= 0.6 is 61.7 Å². The van der Waals surface area contributed by atoms with Gasteiger partial charge in [-0.3, -0.25) is 4.79 Å². The van der Waals surface area contributed by atoms with Gasteiger partial charge in [0.05, 0.1) is 27.3 Å². The molecule has 3 aromatic carbocycles. The van der Waals surface area contributed by atoms with Crippen LogP contribution in [0.3, 0.4) is 0 Å². The molecule has 0 aliphatic carbocycles. The summed E-state index contributed by atoms with van der Waals surface area (Å²) in [5.74, 6) is 0.814. The van der Waals surface area contributed by atoms with Gasteiger partial charge in [-0.25, -0.2) is 5.43 Å². The van der Waals surface area contributed by atoms with Gasteiger partial charge < -0.3 is 9.47 Å². The van der Waals surface area contributed by atoms with Gasteiger partial charge >= 0.3 is 0 Å². The Bertz CT molecular complexity index is 1140. The van der Waals surface area contributed by atoms with Crippen molar-refractivity contribution in [1.29, 1.82) is 0 Å². The molecule has 32 heavy (non-hydrogen) atoms. The lowest BCUT2D eigenvalue weighted by atomic mass is 10.2. The van der Waals surface area contributed by atoms with E-state index in [2.05, 4.69) is 49.0 Å². The maximum absolute atomic E-state index is 12.2. The molecule has 0 heterocycles. The van der Waals surface area contributed by atoms with Crippen LogP contribution in [-0.4, -0.2) is 18.7 Å². The Balaban J connectivity index is 1.72. The molecule has 9 heteroatoms. The Morgan fingerprint density at radius 2 is 1.84 bits per heavy atom. The van der Waals surface area contributed by atoms with Gasteiger partial charge in [0.15, 0.2) is 11.5 Å². The van der Waals surface area contributed by atoms with Gasteiger partial charge in [0.25, 0.3) is 5.91 Å². The molecular weight excluding hydrogens is 630 g/mol. The van der Waals surface area contributed by atoms with Crippen LogP contribution in [0.2, 0.25) is 10.0 Å². The van der Waals surface area contributed by atoms with E-state index in [1.807, 2.05) is 31.2 Å². The summed E-state index contributed by atoms with van der Waals surface area (Å²) >= 11 is 17.8. The largest absolute Gasteiger partial charge is 0.490 e. The summed E-state index contributed by atoms with van der Waals surface area (Å²) < 4.78 is 13.5. The van der Waals surface area contributed by atoms with Crippen LogP contribution in [0.1, 0.15) is 28.4 Å². The highest BCUT2D eigenvalue weighted by atomic mass is 127. The summed E-state index contributed by atoms with van der Waals surface area (Å²) in [6.45, 7) is 2.63. The summed E-state index contributed by atoms with van der Waals surface area (Å²) in [5.41, 5.74) is 4.66. The molecule has 1 amide bonds. The maximum Gasteiger partial charge on any atom is 0.271 e. The van der Waals surface area contributed by atoms with E-state index >= 15 is 0 Å². The Morgan fingerprint density at radius 1 is 1.09 bits per heavy atom. The number of halogens is 4. The molecular formula is C23H18BrCl2IN2O3. The third-order valence-electron chi connectivity index (χ3n) is 4.19. The maximum atomic E-state index is 12.2. The minimum absolute atomic E-state index is 0.287. The number of hydrogen-bond donors (Lipinski definition) is 1. The van der Waals surface area contributed by atoms with Crippen molar-refractivity contribution in [2.75, 3.05) is 6.61 Å². The first kappa shape index (κ1) is 24.8. The van der Waals surface area contributed by atoms with Crippen LogP contribution < -0.4 is 14.9 Å². The lowest BCUT2D eigenvalue weighted by Gasteiger charge is -2.15. The molecule has 1 N–H and O–H groups in total. The standard InChI is InChI=1S/C23H18BrCl2IN2O3/c1-2-31-21-11-15(12-28-29-23(30)16-4-6-17(27)7-5-16)9-18(24)22(21)32-13-14-3-8-19(25)20(26)10-14/h3-12H,2,13H2,1H3,(H,29,30)/b28-12-. The van der Waals surface area contributed by atoms with E-state index in [0.29, 0.717) is 38.2 Å². The molecule has 0 radical (unpaired) electrons. The minimum atomic E-state index is -0.289. The molecule has 3 aromatic rings. The van der Waals surface area contributed by atoms with Crippen molar-refractivity contribution < 1.29 is 14.3 Å². The number of rotatable bonds is 8. The smallest absolute Gasteiger partial charge is 0.271 e. The lowest BCUT2D eigenvalue weighted by molar-refractivity contribution is 0.0955. The molecule has 0 aromatic heterocycles. The average Bonchev–Trinajstić information content (AvgIpc) is 2.76. The zero-order valence-electron chi connectivity index (χ0n) is 16.9. The predicted molar refractivity (Wildman–Crippen MR) is 140 cm³/mol. The van der Waals surface area contributed by atoms with Gasteiger partial charge in [0, 0.05) is 9.13 Å². The van der Waals surface area contributed by atoms with Crippen LogP contribution in [0, 0.1) is 3.57 Å². The molecule has 0 bridgehead atoms. The van der Waals surface area contributed by atoms with Gasteiger partial charge in [-0.15, -0.1) is 0 Å². The second-order valence-corrected chi connectivity index (χ2v) is 9.42. The number of ether oxygens (including phenoxy) is 2. The molecule has 0 fully saturated rings. The number of amides is 1. The van der Waals surface area contributed by atoms with Crippen molar-refractivity contribution >= 4 is 73.8 Å². The number of nitrogens with zero attached hydrogens (tertiary/aromatic N) is 1. The topological polar surface area (TPSA) is 59.9 Å². The summed E-state index contributed by atoms with van der Waals surface area (Å²) in [6, 6.07) is 16.2. The molecule has 0 aliphatic rings. The molecule has 166 valence electrons. The third kappa shape index (κ3) is 6.84. The Hall–Kier alpha value is -1.81. The van der Waals surface area contributed by atoms with Gasteiger partial charge in [0.2, 0.25) is 0 Å². The van der Waals surface area contributed by atoms with Crippen molar-refractivity contribution in [3.05, 3.63) is 89.4 Å². The monoisotopic (exact) mass is 646 g/mol. The van der Waals surface area contributed by atoms with E-state index < -0.39 is 0 Å². The Labute approximate surface area is 218 Å². The Kier molecular flexibility index (Phi) is 9.22. The number of carbonyl (C=O) groups excluding carboxylic acids is 1. The van der Waals surface area contributed by atoms with Crippen molar-refractivity contribution in [2.45, 2.75) is 13.5 Å². The normalized spacial score (nSPS) is 10.9. The molecule has 0 saturated heterocycles. The summed E-state index contributed by atoms with van der Waals surface area (Å²) in [7, 11) is 0. The van der Waals surface area contributed by atoms with Gasteiger partial charge in [-0.2, -0.15) is 5.10 Å². The fraction of sp³-hybridized carbons (Fsp3) is 0.130. The molecule has 5 nitrogen and oxygen atoms in total. The van der Waals surface area contributed by atoms with E-state index in [1.54, 1.807) is 36.5 Å². The number of benzene rings is 3. The number of hydrogen-bond acceptors (Lipinski definition) is 4. The predicted octanol–water partition coefficient (Wildman–Crippen LogP) is 7.10. The van der Waals surface area contributed by atoms with Crippen molar-refractivity contribution in [2.24, 2.45) is 5.10 Å². The van der Waals surface area contributed by atoms with Crippen LogP contribution in [0.15, 0.2) is 64.2 Å². The molecule has 3 rings (SSSR count). The highest BCUT2D eigenvalue weighted by Crippen LogP contribution is 2.37. The zero-order valence-corrected chi connectivity index (χ0v) is 22.1. The van der Waals surface area contributed by atoms with Gasteiger partial charge in [0.1, 0.15) is 6.61 Å². The second-order valence-electron chi connectivity index (χ2n) is 6.51. The van der Waals surface area contributed by atoms with Gasteiger partial charge in [-0.05, 0) is 105 Å². The molecule has 0 aliphatic heterocycles. The average molecular weight is 648 g/mol. The number of carbonyl (C=O) groups is 1. The highest BCUT2D eigenvalue weighted by Gasteiger charge is 2.13. The fourth-order valence-electron chi connectivity index (χ4n) is 2.68. The fourth-order valence-corrected chi connectivity index (χ4v) is 3.94. The number of nitrogens with one attached hydrogen (secondary N) is 1. The van der Waals surface area contributed by atoms with E-state index in [-0.39, 0.29) is 12.5 Å². The summed E-state index contributed by atoms with van der Waals surface area (Å²) in [6.07, 6.45) is 1.54. The SMILES string of the molecule is CCOc1cc(/C=N\NC(=O)c2ccc(I)cc2)cc(Br)c1OCc1ccc(Cl)c(Cl)c1. The van der Waals surface area contributed by atoms with Crippen LogP contribution in [0.5, 0.6) is 11.5 Å². The van der Waals surface area contributed by atoms with E-state index in [9.17, 15) is 4.79 Å².